The summed E-state index contributed by atoms with van der Waals surface area (Å²) in [6, 6.07) is 10.0. The molecule has 0 atom stereocenters. The van der Waals surface area contributed by atoms with Crippen LogP contribution in [0.25, 0.3) is 11.3 Å². The SMILES string of the molecule is CCCCn1nc(CC(C)C)c(O)c1-c1ccccc1. The summed E-state index contributed by atoms with van der Waals surface area (Å²) in [6.45, 7) is 7.31. The third-order valence-corrected chi connectivity index (χ3v) is 3.37. The van der Waals surface area contributed by atoms with Crippen LogP contribution < -0.4 is 0 Å². The van der Waals surface area contributed by atoms with E-state index in [4.69, 9.17) is 0 Å². The van der Waals surface area contributed by atoms with Gasteiger partial charge in [0.1, 0.15) is 11.4 Å². The summed E-state index contributed by atoms with van der Waals surface area (Å²) in [5.74, 6) is 0.833. The quantitative estimate of drug-likeness (QED) is 0.853. The number of unbranched alkanes of at least 4 members (excludes halogenated alkanes) is 1. The first-order valence-electron chi connectivity index (χ1n) is 7.47. The van der Waals surface area contributed by atoms with E-state index in [9.17, 15) is 5.11 Å². The number of aromatic nitrogens is 2. The Kier molecular flexibility index (Phi) is 4.83. The molecule has 0 fully saturated rings. The van der Waals surface area contributed by atoms with E-state index in [1.165, 1.54) is 0 Å². The van der Waals surface area contributed by atoms with Crippen LogP contribution >= 0.6 is 0 Å². The Morgan fingerprint density at radius 3 is 2.50 bits per heavy atom. The third kappa shape index (κ3) is 3.21. The third-order valence-electron chi connectivity index (χ3n) is 3.37. The van der Waals surface area contributed by atoms with Gasteiger partial charge in [-0.15, -0.1) is 0 Å². The molecule has 3 heteroatoms. The first-order chi connectivity index (χ1) is 9.63. The van der Waals surface area contributed by atoms with Gasteiger partial charge in [-0.25, -0.2) is 0 Å². The Balaban J connectivity index is 2.43. The molecular weight excluding hydrogens is 248 g/mol. The predicted octanol–water partition coefficient (Wildman–Crippen LogP) is 4.25. The van der Waals surface area contributed by atoms with E-state index >= 15 is 0 Å². The molecule has 0 unspecified atom stereocenters. The van der Waals surface area contributed by atoms with Crippen molar-refractivity contribution in [1.29, 1.82) is 0 Å². The molecule has 3 nitrogen and oxygen atoms in total. The normalized spacial score (nSPS) is 11.2. The standard InChI is InChI=1S/C17H24N2O/c1-4-5-11-19-16(14-9-7-6-8-10-14)17(20)15(18-19)12-13(2)3/h6-10,13,20H,4-5,11-12H2,1-3H3. The number of hydrogen-bond donors (Lipinski definition) is 1. The summed E-state index contributed by atoms with van der Waals surface area (Å²) in [5.41, 5.74) is 2.70. The second-order valence-electron chi connectivity index (χ2n) is 5.68. The average molecular weight is 272 g/mol. The molecule has 1 aromatic carbocycles. The highest BCUT2D eigenvalue weighted by atomic mass is 16.3. The molecule has 108 valence electrons. The highest BCUT2D eigenvalue weighted by Gasteiger charge is 2.18. The average Bonchev–Trinajstić information content (AvgIpc) is 2.73. The molecule has 20 heavy (non-hydrogen) atoms. The largest absolute Gasteiger partial charge is 0.504 e. The van der Waals surface area contributed by atoms with Crippen LogP contribution in [0.2, 0.25) is 0 Å². The van der Waals surface area contributed by atoms with Gasteiger partial charge >= 0.3 is 0 Å². The highest BCUT2D eigenvalue weighted by Crippen LogP contribution is 2.33. The minimum absolute atomic E-state index is 0.348. The van der Waals surface area contributed by atoms with Crippen LogP contribution in [0, 0.1) is 5.92 Å². The van der Waals surface area contributed by atoms with E-state index in [0.29, 0.717) is 11.7 Å². The van der Waals surface area contributed by atoms with Crippen LogP contribution in [0.1, 0.15) is 39.3 Å². The fourth-order valence-electron chi connectivity index (χ4n) is 2.38. The molecule has 0 aliphatic heterocycles. The van der Waals surface area contributed by atoms with E-state index in [2.05, 4.69) is 25.9 Å². The van der Waals surface area contributed by atoms with Crippen LogP contribution in [-0.2, 0) is 13.0 Å². The van der Waals surface area contributed by atoms with Crippen molar-refractivity contribution < 1.29 is 5.11 Å². The lowest BCUT2D eigenvalue weighted by Crippen LogP contribution is -2.03. The van der Waals surface area contributed by atoms with Crippen LogP contribution in [0.3, 0.4) is 0 Å². The number of aryl methyl sites for hydroxylation is 1. The maximum Gasteiger partial charge on any atom is 0.164 e. The molecule has 1 aromatic heterocycles. The minimum Gasteiger partial charge on any atom is -0.504 e. The monoisotopic (exact) mass is 272 g/mol. The van der Waals surface area contributed by atoms with Crippen LogP contribution in [0.15, 0.2) is 30.3 Å². The van der Waals surface area contributed by atoms with Crippen molar-refractivity contribution in [3.8, 4) is 17.0 Å². The van der Waals surface area contributed by atoms with Gasteiger partial charge in [-0.3, -0.25) is 4.68 Å². The minimum atomic E-state index is 0.348. The lowest BCUT2D eigenvalue weighted by Gasteiger charge is -2.07. The van der Waals surface area contributed by atoms with Crippen molar-refractivity contribution in [2.45, 2.75) is 46.6 Å². The van der Waals surface area contributed by atoms with Gasteiger partial charge in [0.25, 0.3) is 0 Å². The van der Waals surface area contributed by atoms with Gasteiger partial charge in [-0.1, -0.05) is 57.5 Å². The molecule has 2 aromatic rings. The van der Waals surface area contributed by atoms with Gasteiger partial charge < -0.3 is 5.11 Å². The van der Waals surface area contributed by atoms with E-state index in [1.807, 2.05) is 35.0 Å². The molecule has 0 bridgehead atoms. The second kappa shape index (κ2) is 6.60. The smallest absolute Gasteiger partial charge is 0.164 e. The zero-order valence-electron chi connectivity index (χ0n) is 12.6. The molecule has 0 saturated carbocycles. The number of aromatic hydroxyl groups is 1. The van der Waals surface area contributed by atoms with Crippen LogP contribution in [-0.4, -0.2) is 14.9 Å². The van der Waals surface area contributed by atoms with Crippen molar-refractivity contribution in [3.63, 3.8) is 0 Å². The molecule has 0 radical (unpaired) electrons. The van der Waals surface area contributed by atoms with Gasteiger partial charge in [-0.05, 0) is 18.8 Å². The molecule has 2 rings (SSSR count). The van der Waals surface area contributed by atoms with E-state index in [0.717, 1.165) is 42.8 Å². The number of rotatable bonds is 6. The first kappa shape index (κ1) is 14.6. The van der Waals surface area contributed by atoms with Crippen LogP contribution in [0.5, 0.6) is 5.75 Å². The number of benzene rings is 1. The fourth-order valence-corrected chi connectivity index (χ4v) is 2.38. The van der Waals surface area contributed by atoms with Gasteiger partial charge in [-0.2, -0.15) is 5.10 Å². The summed E-state index contributed by atoms with van der Waals surface area (Å²) in [7, 11) is 0. The second-order valence-corrected chi connectivity index (χ2v) is 5.68. The molecule has 0 spiro atoms. The van der Waals surface area contributed by atoms with Crippen molar-refractivity contribution in [2.24, 2.45) is 5.92 Å². The highest BCUT2D eigenvalue weighted by molar-refractivity contribution is 5.67. The molecule has 1 N–H and O–H groups in total. The first-order valence-corrected chi connectivity index (χ1v) is 7.47. The maximum atomic E-state index is 10.5. The fraction of sp³-hybridized carbons (Fsp3) is 0.471. The van der Waals surface area contributed by atoms with Gasteiger partial charge in [0.05, 0.1) is 0 Å². The molecular formula is C17H24N2O. The Bertz CT molecular complexity index is 544. The zero-order chi connectivity index (χ0) is 14.5. The van der Waals surface area contributed by atoms with Gasteiger partial charge in [0.15, 0.2) is 5.75 Å². The number of hydrogen-bond acceptors (Lipinski definition) is 2. The lowest BCUT2D eigenvalue weighted by atomic mass is 10.1. The Morgan fingerprint density at radius 2 is 1.90 bits per heavy atom. The van der Waals surface area contributed by atoms with E-state index in [1.54, 1.807) is 0 Å². The summed E-state index contributed by atoms with van der Waals surface area (Å²) in [5, 5.41) is 15.2. The van der Waals surface area contributed by atoms with Crippen molar-refractivity contribution in [1.82, 2.24) is 9.78 Å². The maximum absolute atomic E-state index is 10.5. The summed E-state index contributed by atoms with van der Waals surface area (Å²) >= 11 is 0. The Morgan fingerprint density at radius 1 is 1.20 bits per heavy atom. The van der Waals surface area contributed by atoms with Crippen LogP contribution in [0.4, 0.5) is 0 Å². The molecule has 0 aliphatic rings. The van der Waals surface area contributed by atoms with Crippen molar-refractivity contribution in [2.75, 3.05) is 0 Å². The Labute approximate surface area is 121 Å². The van der Waals surface area contributed by atoms with E-state index < -0.39 is 0 Å². The summed E-state index contributed by atoms with van der Waals surface area (Å²) < 4.78 is 1.96. The molecule has 0 aliphatic carbocycles. The number of nitrogens with zero attached hydrogens (tertiary/aromatic N) is 2. The molecule has 1 heterocycles. The predicted molar refractivity (Wildman–Crippen MR) is 82.8 cm³/mol. The summed E-state index contributed by atoms with van der Waals surface area (Å²) in [6.07, 6.45) is 3.00. The molecule has 0 amide bonds. The summed E-state index contributed by atoms with van der Waals surface area (Å²) in [4.78, 5) is 0. The zero-order valence-corrected chi connectivity index (χ0v) is 12.6. The van der Waals surface area contributed by atoms with Crippen molar-refractivity contribution in [3.05, 3.63) is 36.0 Å². The lowest BCUT2D eigenvalue weighted by molar-refractivity contribution is 0.464. The van der Waals surface area contributed by atoms with E-state index in [-0.39, 0.29) is 0 Å². The Hall–Kier alpha value is -1.77. The molecule has 0 saturated heterocycles. The van der Waals surface area contributed by atoms with Crippen molar-refractivity contribution >= 4 is 0 Å². The van der Waals surface area contributed by atoms with Gasteiger partial charge in [0, 0.05) is 12.1 Å². The van der Waals surface area contributed by atoms with Gasteiger partial charge in [0.2, 0.25) is 0 Å². The topological polar surface area (TPSA) is 38.0 Å².